The Kier molecular flexibility index (Phi) is 4.72. The third kappa shape index (κ3) is 3.02. The van der Waals surface area contributed by atoms with Crippen LogP contribution in [0.5, 0.6) is 0 Å². The quantitative estimate of drug-likeness (QED) is 0.245. The van der Waals surface area contributed by atoms with Gasteiger partial charge in [0.1, 0.15) is 0 Å². The highest BCUT2D eigenvalue weighted by molar-refractivity contribution is 5.86. The van der Waals surface area contributed by atoms with E-state index in [-0.39, 0.29) is 11.8 Å². The molecule has 0 spiro atoms. The van der Waals surface area contributed by atoms with E-state index in [1.54, 1.807) is 0 Å². The standard InChI is InChI=1S/C37H24N/c1-5-16-28-24(12-1)25-13-2-6-17-29(25)35(28)32-20-11-21-33(37(32)34-22-9-10-23-38-34)36-30-18-7-3-14-26(30)27-15-4-8-19-31(27)36/h1-20,22-23,35-36H. The second-order valence-corrected chi connectivity index (χ2v) is 10.2. The van der Waals surface area contributed by atoms with Gasteiger partial charge in [-0.15, -0.1) is 0 Å². The third-order valence-electron chi connectivity index (χ3n) is 8.25. The number of aromatic nitrogens is 1. The number of hydrogen-bond acceptors (Lipinski definition) is 1. The van der Waals surface area contributed by atoms with Gasteiger partial charge in [0.2, 0.25) is 0 Å². The molecule has 0 unspecified atom stereocenters. The minimum Gasteiger partial charge on any atom is -0.256 e. The summed E-state index contributed by atoms with van der Waals surface area (Å²) in [6.07, 6.45) is 1.91. The first-order valence-electron chi connectivity index (χ1n) is 13.2. The molecule has 1 heterocycles. The summed E-state index contributed by atoms with van der Waals surface area (Å²) in [6, 6.07) is 49.8. The Morgan fingerprint density at radius 2 is 0.921 bits per heavy atom. The number of nitrogens with zero attached hydrogens (tertiary/aromatic N) is 1. The van der Waals surface area contributed by atoms with Crippen molar-refractivity contribution in [3.63, 3.8) is 0 Å². The second-order valence-electron chi connectivity index (χ2n) is 10.2. The molecule has 8 rings (SSSR count). The van der Waals surface area contributed by atoms with Crippen LogP contribution >= 0.6 is 0 Å². The van der Waals surface area contributed by atoms with Crippen molar-refractivity contribution in [2.45, 2.75) is 11.8 Å². The van der Waals surface area contributed by atoms with Gasteiger partial charge in [-0.1, -0.05) is 115 Å². The fourth-order valence-corrected chi connectivity index (χ4v) is 6.75. The van der Waals surface area contributed by atoms with E-state index in [4.69, 9.17) is 4.98 Å². The molecule has 0 saturated carbocycles. The molecule has 2 aliphatic rings. The Labute approximate surface area is 223 Å². The van der Waals surface area contributed by atoms with Crippen molar-refractivity contribution >= 4 is 0 Å². The lowest BCUT2D eigenvalue weighted by molar-refractivity contribution is 0.971. The van der Waals surface area contributed by atoms with Crippen LogP contribution in [-0.2, 0) is 0 Å². The molecule has 1 heteroatoms. The van der Waals surface area contributed by atoms with Crippen molar-refractivity contribution in [3.05, 3.63) is 173 Å². The summed E-state index contributed by atoms with van der Waals surface area (Å²) in [6.45, 7) is 0. The first kappa shape index (κ1) is 21.3. The summed E-state index contributed by atoms with van der Waals surface area (Å²) < 4.78 is 0. The maximum Gasteiger partial charge on any atom is 0.0708 e. The van der Waals surface area contributed by atoms with Gasteiger partial charge in [0.25, 0.3) is 0 Å². The first-order valence-corrected chi connectivity index (χ1v) is 13.2. The zero-order valence-corrected chi connectivity index (χ0v) is 20.8. The van der Waals surface area contributed by atoms with Crippen LogP contribution in [-0.4, -0.2) is 4.98 Å². The van der Waals surface area contributed by atoms with Crippen LogP contribution in [0.1, 0.15) is 45.2 Å². The lowest BCUT2D eigenvalue weighted by atomic mass is 9.78. The predicted octanol–water partition coefficient (Wildman–Crippen LogP) is 8.87. The second kappa shape index (κ2) is 8.39. The minimum atomic E-state index is 0.103. The molecule has 0 fully saturated rings. The Morgan fingerprint density at radius 1 is 0.447 bits per heavy atom. The number of pyridine rings is 1. The summed E-state index contributed by atoms with van der Waals surface area (Å²) in [5, 5.41) is 0. The molecular formula is C37H24N. The molecule has 177 valence electrons. The van der Waals surface area contributed by atoms with Gasteiger partial charge in [-0.2, -0.15) is 0 Å². The van der Waals surface area contributed by atoms with Gasteiger partial charge in [0.05, 0.1) is 5.69 Å². The van der Waals surface area contributed by atoms with Crippen LogP contribution in [0, 0.1) is 6.07 Å². The van der Waals surface area contributed by atoms with E-state index < -0.39 is 0 Å². The van der Waals surface area contributed by atoms with E-state index in [0.717, 1.165) is 5.69 Å². The SMILES string of the molecule is [c]1ccc(C2c3ccccc3-c3ccccc32)c(-c2ccccn2)c1C1c2ccccc2-c2ccccc21. The van der Waals surface area contributed by atoms with E-state index in [1.165, 1.54) is 61.2 Å². The van der Waals surface area contributed by atoms with Gasteiger partial charge in [0, 0.05) is 23.6 Å². The van der Waals surface area contributed by atoms with Gasteiger partial charge >= 0.3 is 0 Å². The summed E-state index contributed by atoms with van der Waals surface area (Å²) in [5.41, 5.74) is 15.3. The molecule has 0 atom stereocenters. The molecule has 1 nitrogen and oxygen atoms in total. The van der Waals surface area contributed by atoms with Crippen molar-refractivity contribution in [2.75, 3.05) is 0 Å². The fraction of sp³-hybridized carbons (Fsp3) is 0.0541. The lowest BCUT2D eigenvalue weighted by Gasteiger charge is -2.24. The molecule has 38 heavy (non-hydrogen) atoms. The fourth-order valence-electron chi connectivity index (χ4n) is 6.75. The van der Waals surface area contributed by atoms with E-state index in [9.17, 15) is 0 Å². The van der Waals surface area contributed by atoms with Gasteiger partial charge in [0.15, 0.2) is 0 Å². The maximum absolute atomic E-state index is 4.92. The van der Waals surface area contributed by atoms with Crippen molar-refractivity contribution in [3.8, 4) is 33.5 Å². The molecule has 0 aliphatic heterocycles. The zero-order valence-electron chi connectivity index (χ0n) is 20.8. The van der Waals surface area contributed by atoms with Crippen molar-refractivity contribution in [1.82, 2.24) is 4.98 Å². The minimum absolute atomic E-state index is 0.103. The van der Waals surface area contributed by atoms with Gasteiger partial charge in [-0.05, 0) is 73.8 Å². The topological polar surface area (TPSA) is 12.9 Å². The highest BCUT2D eigenvalue weighted by Crippen LogP contribution is 2.54. The van der Waals surface area contributed by atoms with E-state index in [0.29, 0.717) is 0 Å². The third-order valence-corrected chi connectivity index (χ3v) is 8.25. The molecule has 1 radical (unpaired) electrons. The van der Waals surface area contributed by atoms with Crippen molar-refractivity contribution < 1.29 is 0 Å². The normalized spacial score (nSPS) is 13.6. The summed E-state index contributed by atoms with van der Waals surface area (Å²) in [5.74, 6) is 0.242. The smallest absolute Gasteiger partial charge is 0.0708 e. The molecule has 0 saturated heterocycles. The molecule has 0 N–H and O–H groups in total. The number of rotatable bonds is 3. The van der Waals surface area contributed by atoms with Crippen LogP contribution < -0.4 is 0 Å². The number of hydrogen-bond donors (Lipinski definition) is 0. The van der Waals surface area contributed by atoms with Crippen LogP contribution in [0.15, 0.2) is 134 Å². The molecule has 0 amide bonds. The average Bonchev–Trinajstić information content (AvgIpc) is 3.50. The lowest BCUT2D eigenvalue weighted by Crippen LogP contribution is -2.08. The van der Waals surface area contributed by atoms with Crippen LogP contribution in [0.3, 0.4) is 0 Å². The zero-order chi connectivity index (χ0) is 25.1. The van der Waals surface area contributed by atoms with Crippen LogP contribution in [0.2, 0.25) is 0 Å². The van der Waals surface area contributed by atoms with Crippen LogP contribution in [0.4, 0.5) is 0 Å². The molecule has 1 aromatic heterocycles. The average molecular weight is 483 g/mol. The monoisotopic (exact) mass is 482 g/mol. The number of benzene rings is 5. The van der Waals surface area contributed by atoms with Crippen molar-refractivity contribution in [2.24, 2.45) is 0 Å². The predicted molar refractivity (Wildman–Crippen MR) is 154 cm³/mol. The Bertz CT molecular complexity index is 1630. The summed E-state index contributed by atoms with van der Waals surface area (Å²) in [7, 11) is 0. The summed E-state index contributed by atoms with van der Waals surface area (Å²) in [4.78, 5) is 4.92. The molecule has 2 aliphatic carbocycles. The largest absolute Gasteiger partial charge is 0.256 e. The highest BCUT2D eigenvalue weighted by atomic mass is 14.7. The Balaban J connectivity index is 1.44. The maximum atomic E-state index is 4.92. The van der Waals surface area contributed by atoms with Gasteiger partial charge in [-0.3, -0.25) is 4.98 Å². The molecule has 5 aromatic carbocycles. The Hall–Kier alpha value is -4.75. The van der Waals surface area contributed by atoms with Crippen LogP contribution in [0.25, 0.3) is 33.5 Å². The van der Waals surface area contributed by atoms with Gasteiger partial charge < -0.3 is 0 Å². The van der Waals surface area contributed by atoms with E-state index in [2.05, 4.69) is 127 Å². The number of fused-ring (bicyclic) bond motifs is 6. The highest BCUT2D eigenvalue weighted by Gasteiger charge is 2.36. The van der Waals surface area contributed by atoms with E-state index >= 15 is 0 Å². The molecule has 0 bridgehead atoms. The molecular weight excluding hydrogens is 458 g/mol. The van der Waals surface area contributed by atoms with E-state index in [1.807, 2.05) is 12.3 Å². The summed E-state index contributed by atoms with van der Waals surface area (Å²) >= 11 is 0. The van der Waals surface area contributed by atoms with Gasteiger partial charge in [-0.25, -0.2) is 0 Å². The molecule has 6 aromatic rings. The Morgan fingerprint density at radius 3 is 1.42 bits per heavy atom. The van der Waals surface area contributed by atoms with Crippen molar-refractivity contribution in [1.29, 1.82) is 0 Å². The first-order chi connectivity index (χ1) is 18.9.